The predicted molar refractivity (Wildman–Crippen MR) is 138 cm³/mol. The standard InChI is InChI=1S/C16H20O3.C14H15NO/c1-2-9-16(12-14(17)11-15(18)19-16)10-8-13-6-4-3-5-7-13;15-13(11-7-3-1-4-8-11)14(16)12-9-5-2-6-10-12/h3-7H,2,8-12H2,1H3;1-10,13-14,16H,15H2/t16-;13-,14+/m01/s1. The van der Waals surface area contributed by atoms with Crippen molar-refractivity contribution in [2.24, 2.45) is 5.73 Å². The van der Waals surface area contributed by atoms with Gasteiger partial charge in [0.15, 0.2) is 0 Å². The Morgan fingerprint density at radius 3 is 1.94 bits per heavy atom. The van der Waals surface area contributed by atoms with E-state index in [1.165, 1.54) is 5.56 Å². The fraction of sp³-hybridized carbons (Fsp3) is 0.333. The molecule has 1 heterocycles. The third-order valence-electron chi connectivity index (χ3n) is 6.27. The highest BCUT2D eigenvalue weighted by Crippen LogP contribution is 2.33. The average Bonchev–Trinajstić information content (AvgIpc) is 2.88. The number of carbonyl (C=O) groups is 2. The molecule has 0 bridgehead atoms. The number of rotatable bonds is 8. The minimum absolute atomic E-state index is 0.0118. The molecule has 5 heteroatoms. The molecule has 5 nitrogen and oxygen atoms in total. The van der Waals surface area contributed by atoms with Gasteiger partial charge in [0.25, 0.3) is 0 Å². The fourth-order valence-electron chi connectivity index (χ4n) is 4.49. The van der Waals surface area contributed by atoms with Crippen molar-refractivity contribution in [2.45, 2.75) is 63.2 Å². The van der Waals surface area contributed by atoms with E-state index in [0.29, 0.717) is 6.42 Å². The van der Waals surface area contributed by atoms with Crippen LogP contribution in [0.1, 0.15) is 67.9 Å². The van der Waals surface area contributed by atoms with E-state index in [2.05, 4.69) is 19.1 Å². The van der Waals surface area contributed by atoms with Crippen LogP contribution in [0.25, 0.3) is 0 Å². The Kier molecular flexibility index (Phi) is 9.76. The maximum Gasteiger partial charge on any atom is 0.313 e. The number of hydrogen-bond donors (Lipinski definition) is 2. The van der Waals surface area contributed by atoms with Crippen LogP contribution in [0, 0.1) is 0 Å². The zero-order chi connectivity index (χ0) is 25.1. The van der Waals surface area contributed by atoms with Crippen molar-refractivity contribution in [1.82, 2.24) is 0 Å². The maximum absolute atomic E-state index is 11.7. The number of esters is 1. The molecule has 3 aromatic rings. The van der Waals surface area contributed by atoms with E-state index in [9.17, 15) is 14.7 Å². The Labute approximate surface area is 207 Å². The van der Waals surface area contributed by atoms with E-state index < -0.39 is 11.7 Å². The highest BCUT2D eigenvalue weighted by Gasteiger charge is 2.40. The summed E-state index contributed by atoms with van der Waals surface area (Å²) in [5.41, 5.74) is 8.45. The molecule has 1 fully saturated rings. The number of carbonyl (C=O) groups excluding carboxylic acids is 2. The van der Waals surface area contributed by atoms with Gasteiger partial charge in [0.2, 0.25) is 0 Å². The summed E-state index contributed by atoms with van der Waals surface area (Å²) >= 11 is 0. The first kappa shape index (κ1) is 26.3. The fourth-order valence-corrected chi connectivity index (χ4v) is 4.49. The molecule has 1 aliphatic heterocycles. The summed E-state index contributed by atoms with van der Waals surface area (Å²) in [6.45, 7) is 2.05. The van der Waals surface area contributed by atoms with Crippen LogP contribution < -0.4 is 5.73 Å². The SMILES string of the molecule is CCC[C@]1(CCc2ccccc2)CC(=O)CC(=O)O1.N[C@H](c1ccccc1)[C@@H](O)c1ccccc1. The highest BCUT2D eigenvalue weighted by molar-refractivity contribution is 5.98. The van der Waals surface area contributed by atoms with Gasteiger partial charge in [0, 0.05) is 6.42 Å². The molecule has 184 valence electrons. The topological polar surface area (TPSA) is 89.6 Å². The van der Waals surface area contributed by atoms with Gasteiger partial charge in [0.1, 0.15) is 17.8 Å². The summed E-state index contributed by atoms with van der Waals surface area (Å²) in [6, 6.07) is 28.8. The lowest BCUT2D eigenvalue weighted by Crippen LogP contribution is -2.43. The minimum atomic E-state index is -0.663. The van der Waals surface area contributed by atoms with E-state index in [4.69, 9.17) is 10.5 Å². The molecule has 3 N–H and O–H groups in total. The highest BCUT2D eigenvalue weighted by atomic mass is 16.6. The largest absolute Gasteiger partial charge is 0.458 e. The first-order valence-corrected chi connectivity index (χ1v) is 12.2. The number of benzene rings is 3. The molecule has 1 saturated heterocycles. The van der Waals surface area contributed by atoms with Gasteiger partial charge >= 0.3 is 5.97 Å². The summed E-state index contributed by atoms with van der Waals surface area (Å²) in [4.78, 5) is 23.2. The van der Waals surface area contributed by atoms with Crippen molar-refractivity contribution in [2.75, 3.05) is 0 Å². The Hall–Kier alpha value is -3.28. The zero-order valence-electron chi connectivity index (χ0n) is 20.3. The molecule has 1 aliphatic rings. The van der Waals surface area contributed by atoms with Crippen LogP contribution in [0.2, 0.25) is 0 Å². The molecule has 3 aromatic carbocycles. The van der Waals surface area contributed by atoms with Crippen molar-refractivity contribution in [1.29, 1.82) is 0 Å². The number of ketones is 1. The van der Waals surface area contributed by atoms with Gasteiger partial charge in [-0.15, -0.1) is 0 Å². The predicted octanol–water partition coefficient (Wildman–Crippen LogP) is 5.48. The molecule has 0 radical (unpaired) electrons. The van der Waals surface area contributed by atoms with Gasteiger partial charge in [-0.3, -0.25) is 9.59 Å². The van der Waals surface area contributed by atoms with Crippen molar-refractivity contribution in [3.05, 3.63) is 108 Å². The Balaban J connectivity index is 0.000000198. The number of Topliss-reactive ketones (excluding diaryl/α,β-unsaturated/α-hetero) is 1. The average molecular weight is 474 g/mol. The van der Waals surface area contributed by atoms with Gasteiger partial charge in [-0.25, -0.2) is 0 Å². The smallest absolute Gasteiger partial charge is 0.313 e. The van der Waals surface area contributed by atoms with Crippen molar-refractivity contribution in [3.63, 3.8) is 0 Å². The molecule has 0 amide bonds. The summed E-state index contributed by atoms with van der Waals surface area (Å²) in [5, 5.41) is 10.1. The van der Waals surface area contributed by atoms with Crippen LogP contribution in [0.15, 0.2) is 91.0 Å². The summed E-state index contributed by atoms with van der Waals surface area (Å²) in [5.74, 6) is -0.351. The Morgan fingerprint density at radius 2 is 1.40 bits per heavy atom. The Bertz CT molecular complexity index is 994. The number of ether oxygens (including phenoxy) is 1. The number of aliphatic hydroxyl groups excluding tert-OH is 1. The normalized spacial score (nSPS) is 19.2. The van der Waals surface area contributed by atoms with Crippen LogP contribution in [-0.4, -0.2) is 22.5 Å². The van der Waals surface area contributed by atoms with Crippen LogP contribution in [0.5, 0.6) is 0 Å². The van der Waals surface area contributed by atoms with Crippen molar-refractivity contribution >= 4 is 11.8 Å². The molecule has 0 aliphatic carbocycles. The molecule has 0 unspecified atom stereocenters. The first-order chi connectivity index (χ1) is 16.9. The molecule has 0 aromatic heterocycles. The molecular formula is C30H35NO4. The molecule has 0 saturated carbocycles. The van der Waals surface area contributed by atoms with E-state index >= 15 is 0 Å². The van der Waals surface area contributed by atoms with Crippen molar-refractivity contribution in [3.8, 4) is 0 Å². The number of nitrogens with two attached hydrogens (primary N) is 1. The van der Waals surface area contributed by atoms with E-state index in [1.807, 2.05) is 78.9 Å². The number of aryl methyl sites for hydroxylation is 1. The van der Waals surface area contributed by atoms with Gasteiger partial charge < -0.3 is 15.6 Å². The van der Waals surface area contributed by atoms with E-state index in [-0.39, 0.29) is 24.2 Å². The molecule has 3 atom stereocenters. The summed E-state index contributed by atoms with van der Waals surface area (Å²) in [7, 11) is 0. The lowest BCUT2D eigenvalue weighted by atomic mass is 9.83. The first-order valence-electron chi connectivity index (χ1n) is 12.2. The van der Waals surface area contributed by atoms with Crippen LogP contribution in [0.3, 0.4) is 0 Å². The van der Waals surface area contributed by atoms with Crippen LogP contribution in [0.4, 0.5) is 0 Å². The van der Waals surface area contributed by atoms with E-state index in [0.717, 1.165) is 36.8 Å². The number of cyclic esters (lactones) is 1. The third kappa shape index (κ3) is 7.88. The summed E-state index contributed by atoms with van der Waals surface area (Å²) in [6.07, 6.45) is 2.88. The van der Waals surface area contributed by atoms with Crippen molar-refractivity contribution < 1.29 is 19.4 Å². The summed E-state index contributed by atoms with van der Waals surface area (Å²) < 4.78 is 5.55. The van der Waals surface area contributed by atoms with E-state index in [1.54, 1.807) is 0 Å². The third-order valence-corrected chi connectivity index (χ3v) is 6.27. The van der Waals surface area contributed by atoms with Crippen LogP contribution >= 0.6 is 0 Å². The van der Waals surface area contributed by atoms with Gasteiger partial charge in [0.05, 0.1) is 12.1 Å². The van der Waals surface area contributed by atoms with Gasteiger partial charge in [-0.1, -0.05) is 104 Å². The Morgan fingerprint density at radius 1 is 0.857 bits per heavy atom. The van der Waals surface area contributed by atoms with Gasteiger partial charge in [-0.05, 0) is 36.0 Å². The lowest BCUT2D eigenvalue weighted by Gasteiger charge is -2.36. The number of hydrogen-bond acceptors (Lipinski definition) is 5. The second-order valence-electron chi connectivity index (χ2n) is 9.08. The van der Waals surface area contributed by atoms with Gasteiger partial charge in [-0.2, -0.15) is 0 Å². The minimum Gasteiger partial charge on any atom is -0.458 e. The zero-order valence-corrected chi connectivity index (χ0v) is 20.3. The van der Waals surface area contributed by atoms with Crippen LogP contribution in [-0.2, 0) is 20.7 Å². The quantitative estimate of drug-likeness (QED) is 0.334. The molecule has 35 heavy (non-hydrogen) atoms. The monoisotopic (exact) mass is 473 g/mol. The second-order valence-corrected chi connectivity index (χ2v) is 9.08. The lowest BCUT2D eigenvalue weighted by molar-refractivity contribution is -0.172. The molecule has 0 spiro atoms. The second kappa shape index (κ2) is 13.0. The molecule has 4 rings (SSSR count). The number of aliphatic hydroxyl groups is 1. The maximum atomic E-state index is 11.7. The molecular weight excluding hydrogens is 438 g/mol.